The number of nitrogens with two attached hydrogens (primary N) is 1. The van der Waals surface area contributed by atoms with Gasteiger partial charge in [0.1, 0.15) is 10.8 Å². The van der Waals surface area contributed by atoms with Gasteiger partial charge in [-0.15, -0.1) is 0 Å². The van der Waals surface area contributed by atoms with E-state index in [1.54, 1.807) is 0 Å². The first kappa shape index (κ1) is 11.2. The van der Waals surface area contributed by atoms with Crippen LogP contribution in [0.1, 0.15) is 31.3 Å². The predicted molar refractivity (Wildman–Crippen MR) is 69.2 cm³/mol. The van der Waals surface area contributed by atoms with Crippen molar-refractivity contribution in [1.82, 2.24) is 13.9 Å². The van der Waals surface area contributed by atoms with Crippen molar-refractivity contribution in [2.45, 2.75) is 19.8 Å². The maximum absolute atomic E-state index is 5.63. The molecule has 4 nitrogen and oxygen atoms in total. The van der Waals surface area contributed by atoms with Gasteiger partial charge in [0.15, 0.2) is 0 Å². The summed E-state index contributed by atoms with van der Waals surface area (Å²) in [4.78, 5) is 4.82. The molecular formula is C10H12N4S2. The molecule has 0 fully saturated rings. The Balaban J connectivity index is 2.42. The Morgan fingerprint density at radius 1 is 1.56 bits per heavy atom. The lowest BCUT2D eigenvalue weighted by molar-refractivity contribution is 0.792. The zero-order chi connectivity index (χ0) is 11.7. The summed E-state index contributed by atoms with van der Waals surface area (Å²) in [5.41, 5.74) is 6.42. The van der Waals surface area contributed by atoms with Crippen LogP contribution in [0.5, 0.6) is 0 Å². The maximum Gasteiger partial charge on any atom is 0.213 e. The third kappa shape index (κ3) is 1.98. The Morgan fingerprint density at radius 2 is 2.31 bits per heavy atom. The maximum atomic E-state index is 5.63. The van der Waals surface area contributed by atoms with Crippen LogP contribution in [0.2, 0.25) is 0 Å². The summed E-state index contributed by atoms with van der Waals surface area (Å²) in [6.45, 7) is 4.13. The lowest BCUT2D eigenvalue weighted by Crippen LogP contribution is -2.14. The normalized spacial score (nSPS) is 10.9. The summed E-state index contributed by atoms with van der Waals surface area (Å²) in [6.07, 6.45) is 1.89. The molecule has 2 N–H and O–H groups in total. The highest BCUT2D eigenvalue weighted by molar-refractivity contribution is 7.80. The van der Waals surface area contributed by atoms with Crippen molar-refractivity contribution < 1.29 is 0 Å². The Morgan fingerprint density at radius 3 is 2.88 bits per heavy atom. The second-order valence-corrected chi connectivity index (χ2v) is 4.89. The average Bonchev–Trinajstić information content (AvgIpc) is 2.86. The van der Waals surface area contributed by atoms with Gasteiger partial charge in [-0.25, -0.2) is 4.98 Å². The Bertz CT molecular complexity index is 512. The van der Waals surface area contributed by atoms with E-state index in [1.165, 1.54) is 11.5 Å². The monoisotopic (exact) mass is 252 g/mol. The van der Waals surface area contributed by atoms with E-state index in [2.05, 4.69) is 23.2 Å². The van der Waals surface area contributed by atoms with Crippen LogP contribution in [0.4, 0.5) is 0 Å². The molecule has 6 heteroatoms. The fraction of sp³-hybridized carbons (Fsp3) is 0.300. The lowest BCUT2D eigenvalue weighted by atomic mass is 10.2. The Labute approximate surface area is 103 Å². The molecule has 0 radical (unpaired) electrons. The van der Waals surface area contributed by atoms with Gasteiger partial charge in [-0.05, 0) is 12.1 Å². The molecule has 0 saturated carbocycles. The zero-order valence-corrected chi connectivity index (χ0v) is 10.7. The standard InChI is InChI=1S/C10H12N4S2/c1-6(2)9-12-10(16-13-9)14-5-3-4-7(14)8(11)15/h3-6H,1-2H3,(H2,11,15). The Hall–Kier alpha value is -1.27. The fourth-order valence-corrected chi connectivity index (χ4v) is 2.28. The molecule has 0 bridgehead atoms. The van der Waals surface area contributed by atoms with Crippen molar-refractivity contribution in [2.24, 2.45) is 5.73 Å². The molecule has 2 aromatic heterocycles. The van der Waals surface area contributed by atoms with Gasteiger partial charge in [-0.2, -0.15) is 4.37 Å². The Kier molecular flexibility index (Phi) is 3.02. The van der Waals surface area contributed by atoms with E-state index < -0.39 is 0 Å². The van der Waals surface area contributed by atoms with E-state index in [0.717, 1.165) is 16.6 Å². The number of hydrogen-bond donors (Lipinski definition) is 1. The zero-order valence-electron chi connectivity index (χ0n) is 9.04. The van der Waals surface area contributed by atoms with Crippen molar-refractivity contribution in [3.05, 3.63) is 29.8 Å². The first-order valence-electron chi connectivity index (χ1n) is 4.90. The average molecular weight is 252 g/mol. The fourth-order valence-electron chi connectivity index (χ4n) is 1.31. The van der Waals surface area contributed by atoms with Crippen LogP contribution in [0.15, 0.2) is 18.3 Å². The van der Waals surface area contributed by atoms with Crippen LogP contribution < -0.4 is 5.73 Å². The minimum absolute atomic E-state index is 0.328. The molecule has 2 heterocycles. The SMILES string of the molecule is CC(C)c1nsc(-n2cccc2C(N)=S)n1. The van der Waals surface area contributed by atoms with E-state index in [1.807, 2.05) is 22.9 Å². The first-order valence-corrected chi connectivity index (χ1v) is 6.09. The first-order chi connectivity index (χ1) is 7.59. The molecule has 0 aliphatic carbocycles. The van der Waals surface area contributed by atoms with Gasteiger partial charge in [0.05, 0.1) is 5.69 Å². The van der Waals surface area contributed by atoms with Crippen molar-refractivity contribution in [2.75, 3.05) is 0 Å². The molecule has 0 unspecified atom stereocenters. The molecule has 0 aromatic carbocycles. The largest absolute Gasteiger partial charge is 0.388 e. The van der Waals surface area contributed by atoms with Crippen LogP contribution in [0.25, 0.3) is 5.13 Å². The highest BCUT2D eigenvalue weighted by atomic mass is 32.1. The molecule has 0 aliphatic heterocycles. The topological polar surface area (TPSA) is 56.7 Å². The summed E-state index contributed by atoms with van der Waals surface area (Å²) in [7, 11) is 0. The van der Waals surface area contributed by atoms with Crippen LogP contribution >= 0.6 is 23.8 Å². The summed E-state index contributed by atoms with van der Waals surface area (Å²) < 4.78 is 6.16. The summed E-state index contributed by atoms with van der Waals surface area (Å²) in [5.74, 6) is 1.18. The summed E-state index contributed by atoms with van der Waals surface area (Å²) in [6, 6.07) is 3.77. The smallest absolute Gasteiger partial charge is 0.213 e. The molecule has 0 spiro atoms. The van der Waals surface area contributed by atoms with Gasteiger partial charge in [0.2, 0.25) is 5.13 Å². The molecular weight excluding hydrogens is 240 g/mol. The number of nitrogens with zero attached hydrogens (tertiary/aromatic N) is 3. The van der Waals surface area contributed by atoms with Crippen molar-refractivity contribution >= 4 is 28.7 Å². The van der Waals surface area contributed by atoms with E-state index >= 15 is 0 Å². The van der Waals surface area contributed by atoms with E-state index in [0.29, 0.717) is 10.9 Å². The third-order valence-corrected chi connectivity index (χ3v) is 3.09. The summed E-state index contributed by atoms with van der Waals surface area (Å²) >= 11 is 6.33. The van der Waals surface area contributed by atoms with Crippen LogP contribution in [-0.4, -0.2) is 18.9 Å². The quantitative estimate of drug-likeness (QED) is 0.850. The predicted octanol–water partition coefficient (Wildman–Crippen LogP) is 2.09. The molecule has 16 heavy (non-hydrogen) atoms. The lowest BCUT2D eigenvalue weighted by Gasteiger charge is -2.02. The molecule has 0 aliphatic rings. The van der Waals surface area contributed by atoms with Gasteiger partial charge in [0.25, 0.3) is 0 Å². The number of thiocarbonyl (C=S) groups is 1. The number of rotatable bonds is 3. The van der Waals surface area contributed by atoms with Gasteiger partial charge >= 0.3 is 0 Å². The van der Waals surface area contributed by atoms with Crippen LogP contribution in [0.3, 0.4) is 0 Å². The van der Waals surface area contributed by atoms with Crippen molar-refractivity contribution in [3.8, 4) is 5.13 Å². The van der Waals surface area contributed by atoms with Gasteiger partial charge in [-0.1, -0.05) is 26.1 Å². The number of hydrogen-bond acceptors (Lipinski definition) is 4. The highest BCUT2D eigenvalue weighted by Gasteiger charge is 2.12. The summed E-state index contributed by atoms with van der Waals surface area (Å²) in [5, 5.41) is 0.802. The molecule has 0 amide bonds. The van der Waals surface area contributed by atoms with Crippen LogP contribution in [-0.2, 0) is 0 Å². The van der Waals surface area contributed by atoms with E-state index in [4.69, 9.17) is 18.0 Å². The van der Waals surface area contributed by atoms with E-state index in [-0.39, 0.29) is 0 Å². The molecule has 2 rings (SSSR count). The highest BCUT2D eigenvalue weighted by Crippen LogP contribution is 2.18. The second-order valence-electron chi connectivity index (χ2n) is 3.72. The second kappa shape index (κ2) is 4.31. The minimum Gasteiger partial charge on any atom is -0.388 e. The molecule has 84 valence electrons. The molecule has 2 aromatic rings. The van der Waals surface area contributed by atoms with Crippen molar-refractivity contribution in [1.29, 1.82) is 0 Å². The minimum atomic E-state index is 0.328. The van der Waals surface area contributed by atoms with Gasteiger partial charge in [-0.3, -0.25) is 4.57 Å². The van der Waals surface area contributed by atoms with Crippen molar-refractivity contribution in [3.63, 3.8) is 0 Å². The third-order valence-electron chi connectivity index (χ3n) is 2.15. The van der Waals surface area contributed by atoms with Crippen LogP contribution in [0, 0.1) is 0 Å². The van der Waals surface area contributed by atoms with Gasteiger partial charge < -0.3 is 5.73 Å². The van der Waals surface area contributed by atoms with E-state index in [9.17, 15) is 0 Å². The number of aromatic nitrogens is 3. The molecule has 0 saturated heterocycles. The van der Waals surface area contributed by atoms with Gasteiger partial charge in [0, 0.05) is 23.6 Å². The molecule has 0 atom stereocenters.